The van der Waals surface area contributed by atoms with Gasteiger partial charge in [-0.25, -0.2) is 4.79 Å². The van der Waals surface area contributed by atoms with Crippen LogP contribution in [-0.2, 0) is 4.79 Å². The van der Waals surface area contributed by atoms with Crippen molar-refractivity contribution >= 4 is 5.97 Å². The van der Waals surface area contributed by atoms with Crippen LogP contribution in [0.1, 0.15) is 6.42 Å². The Balaban J connectivity index is 2.56. The molecule has 0 bridgehead atoms. The topological polar surface area (TPSA) is 63.3 Å². The highest BCUT2D eigenvalue weighted by molar-refractivity contribution is 5.88. The molecule has 0 saturated carbocycles. The summed E-state index contributed by atoms with van der Waals surface area (Å²) in [7, 11) is 0. The van der Waals surface area contributed by atoms with Gasteiger partial charge in [0, 0.05) is 18.5 Å². The van der Waals surface area contributed by atoms with Crippen molar-refractivity contribution in [2.45, 2.75) is 6.42 Å². The van der Waals surface area contributed by atoms with Crippen molar-refractivity contribution < 1.29 is 9.90 Å². The van der Waals surface area contributed by atoms with E-state index in [0.717, 1.165) is 5.57 Å². The van der Waals surface area contributed by atoms with Gasteiger partial charge in [-0.05, 0) is 0 Å². The van der Waals surface area contributed by atoms with E-state index in [1.54, 1.807) is 12.2 Å². The van der Waals surface area contributed by atoms with Crippen LogP contribution in [0.4, 0.5) is 0 Å². The smallest absolute Gasteiger partial charge is 0.331 e. The van der Waals surface area contributed by atoms with Crippen molar-refractivity contribution in [2.75, 3.05) is 6.54 Å². The maximum atomic E-state index is 10.3. The molecule has 0 spiro atoms. The van der Waals surface area contributed by atoms with Crippen LogP contribution in [0, 0.1) is 0 Å². The normalized spacial score (nSPS) is 16.5. The molecule has 3 nitrogen and oxygen atoms in total. The molecule has 0 unspecified atom stereocenters. The molecular weight excluding hydrogens is 130 g/mol. The van der Waals surface area contributed by atoms with E-state index >= 15 is 0 Å². The second kappa shape index (κ2) is 2.66. The molecule has 10 heavy (non-hydrogen) atoms. The Morgan fingerprint density at radius 2 is 2.40 bits per heavy atom. The van der Waals surface area contributed by atoms with Gasteiger partial charge in [-0.1, -0.05) is 17.7 Å². The van der Waals surface area contributed by atoms with E-state index in [4.69, 9.17) is 10.8 Å². The van der Waals surface area contributed by atoms with Gasteiger partial charge in [-0.3, -0.25) is 0 Å². The van der Waals surface area contributed by atoms with Crippen molar-refractivity contribution in [3.05, 3.63) is 23.3 Å². The van der Waals surface area contributed by atoms with Gasteiger partial charge >= 0.3 is 5.97 Å². The summed E-state index contributed by atoms with van der Waals surface area (Å²) in [5.74, 6) is -0.847. The van der Waals surface area contributed by atoms with Crippen molar-refractivity contribution in [1.82, 2.24) is 0 Å². The number of nitrogens with two attached hydrogens (primary N) is 1. The number of aliphatic carboxylic acids is 1. The maximum Gasteiger partial charge on any atom is 0.331 e. The third kappa shape index (κ3) is 1.25. The second-order valence-corrected chi connectivity index (χ2v) is 2.20. The molecule has 0 saturated heterocycles. The van der Waals surface area contributed by atoms with Crippen LogP contribution in [-0.4, -0.2) is 17.6 Å². The van der Waals surface area contributed by atoms with Gasteiger partial charge in [0.1, 0.15) is 0 Å². The fourth-order valence-corrected chi connectivity index (χ4v) is 0.868. The molecule has 0 atom stereocenters. The van der Waals surface area contributed by atoms with Crippen LogP contribution >= 0.6 is 0 Å². The monoisotopic (exact) mass is 139 g/mol. The molecule has 1 rings (SSSR count). The second-order valence-electron chi connectivity index (χ2n) is 2.20. The molecule has 3 N–H and O–H groups in total. The summed E-state index contributed by atoms with van der Waals surface area (Å²) in [6, 6.07) is 0. The SMILES string of the molecule is NCC1=CC=C(C(=O)O)C1. The minimum atomic E-state index is -0.847. The van der Waals surface area contributed by atoms with Gasteiger partial charge < -0.3 is 10.8 Å². The van der Waals surface area contributed by atoms with Crippen LogP contribution in [0.5, 0.6) is 0 Å². The Bertz CT molecular complexity index is 216. The lowest BCUT2D eigenvalue weighted by Crippen LogP contribution is -2.04. The van der Waals surface area contributed by atoms with Gasteiger partial charge in [-0.2, -0.15) is 0 Å². The lowest BCUT2D eigenvalue weighted by molar-refractivity contribution is -0.132. The number of carboxylic acid groups (broad SMARTS) is 1. The highest BCUT2D eigenvalue weighted by Gasteiger charge is 2.12. The molecule has 0 aromatic rings. The van der Waals surface area contributed by atoms with E-state index in [9.17, 15) is 4.79 Å². The molecule has 0 aromatic carbocycles. The molecule has 1 aliphatic carbocycles. The molecule has 0 aliphatic heterocycles. The largest absolute Gasteiger partial charge is 0.478 e. The minimum Gasteiger partial charge on any atom is -0.478 e. The van der Waals surface area contributed by atoms with Crippen molar-refractivity contribution in [2.24, 2.45) is 5.73 Å². The third-order valence-electron chi connectivity index (χ3n) is 1.47. The lowest BCUT2D eigenvalue weighted by Gasteiger charge is -1.95. The van der Waals surface area contributed by atoms with E-state index in [1.807, 2.05) is 0 Å². The van der Waals surface area contributed by atoms with Crippen molar-refractivity contribution in [1.29, 1.82) is 0 Å². The van der Waals surface area contributed by atoms with E-state index in [-0.39, 0.29) is 0 Å². The van der Waals surface area contributed by atoms with E-state index in [2.05, 4.69) is 0 Å². The van der Waals surface area contributed by atoms with Gasteiger partial charge in [0.05, 0.1) is 0 Å². The van der Waals surface area contributed by atoms with Crippen LogP contribution < -0.4 is 5.73 Å². The average molecular weight is 139 g/mol. The van der Waals surface area contributed by atoms with Crippen LogP contribution in [0.15, 0.2) is 23.3 Å². The molecule has 0 heterocycles. The minimum absolute atomic E-state index is 0.431. The first-order valence-corrected chi connectivity index (χ1v) is 3.06. The van der Waals surface area contributed by atoms with Crippen molar-refractivity contribution in [3.8, 4) is 0 Å². The lowest BCUT2D eigenvalue weighted by atomic mass is 10.1. The number of rotatable bonds is 2. The summed E-state index contributed by atoms with van der Waals surface area (Å²) < 4.78 is 0. The molecule has 54 valence electrons. The Morgan fingerprint density at radius 3 is 2.70 bits per heavy atom. The molecule has 0 radical (unpaired) electrons. The number of allylic oxidation sites excluding steroid dienone is 2. The summed E-state index contributed by atoms with van der Waals surface area (Å²) in [6.07, 6.45) is 3.87. The standard InChI is InChI=1S/C7H9NO2/c8-4-5-1-2-6(3-5)7(9)10/h1-2H,3-4,8H2,(H,9,10). The van der Waals surface area contributed by atoms with Crippen molar-refractivity contribution in [3.63, 3.8) is 0 Å². The zero-order valence-electron chi connectivity index (χ0n) is 5.50. The average Bonchev–Trinajstić information content (AvgIpc) is 2.34. The third-order valence-corrected chi connectivity index (χ3v) is 1.47. The Kier molecular flexibility index (Phi) is 1.87. The first-order valence-electron chi connectivity index (χ1n) is 3.06. The predicted octanol–water partition coefficient (Wildman–Crippen LogP) is 0.286. The number of carboxylic acids is 1. The van der Waals surface area contributed by atoms with E-state index < -0.39 is 5.97 Å². The quantitative estimate of drug-likeness (QED) is 0.577. The number of carbonyl (C=O) groups is 1. The Labute approximate surface area is 58.8 Å². The zero-order chi connectivity index (χ0) is 7.56. The van der Waals surface area contributed by atoms with Gasteiger partial charge in [-0.15, -0.1) is 0 Å². The summed E-state index contributed by atoms with van der Waals surface area (Å²) in [4.78, 5) is 10.3. The zero-order valence-corrected chi connectivity index (χ0v) is 5.50. The van der Waals surface area contributed by atoms with Crippen LogP contribution in [0.3, 0.4) is 0 Å². The predicted molar refractivity (Wildman–Crippen MR) is 37.5 cm³/mol. The van der Waals surface area contributed by atoms with E-state index in [1.165, 1.54) is 0 Å². The highest BCUT2D eigenvalue weighted by atomic mass is 16.4. The summed E-state index contributed by atoms with van der Waals surface area (Å²) >= 11 is 0. The van der Waals surface area contributed by atoms with Crippen LogP contribution in [0.25, 0.3) is 0 Å². The Hall–Kier alpha value is -1.09. The summed E-state index contributed by atoms with van der Waals surface area (Å²) in [5.41, 5.74) is 6.72. The maximum absolute atomic E-state index is 10.3. The molecule has 1 aliphatic rings. The fourth-order valence-electron chi connectivity index (χ4n) is 0.868. The first-order chi connectivity index (χ1) is 4.74. The molecule has 0 fully saturated rings. The summed E-state index contributed by atoms with van der Waals surface area (Å²) in [5, 5.41) is 8.48. The number of hydrogen-bond donors (Lipinski definition) is 2. The fraction of sp³-hybridized carbons (Fsp3) is 0.286. The first kappa shape index (κ1) is 7.02. The van der Waals surface area contributed by atoms with Gasteiger partial charge in [0.25, 0.3) is 0 Å². The summed E-state index contributed by atoms with van der Waals surface area (Å²) in [6.45, 7) is 0.452. The number of hydrogen-bond acceptors (Lipinski definition) is 2. The van der Waals surface area contributed by atoms with Gasteiger partial charge in [0.15, 0.2) is 0 Å². The molecule has 0 amide bonds. The molecular formula is C7H9NO2. The highest BCUT2D eigenvalue weighted by Crippen LogP contribution is 2.17. The molecule has 0 aromatic heterocycles. The van der Waals surface area contributed by atoms with Gasteiger partial charge in [0.2, 0.25) is 0 Å². The Morgan fingerprint density at radius 1 is 1.70 bits per heavy atom. The van der Waals surface area contributed by atoms with Crippen LogP contribution in [0.2, 0.25) is 0 Å². The molecule has 3 heteroatoms. The van der Waals surface area contributed by atoms with E-state index in [0.29, 0.717) is 18.5 Å².